The first-order valence-electron chi connectivity index (χ1n) is 7.45. The summed E-state index contributed by atoms with van der Waals surface area (Å²) in [5, 5.41) is 0. The average Bonchev–Trinajstić information content (AvgIpc) is 3.12. The second-order valence-electron chi connectivity index (χ2n) is 5.86. The maximum absolute atomic E-state index is 12.5. The Morgan fingerprint density at radius 3 is 2.35 bits per heavy atom. The summed E-state index contributed by atoms with van der Waals surface area (Å²) >= 11 is 0. The lowest BCUT2D eigenvalue weighted by Crippen LogP contribution is -2.08. The minimum atomic E-state index is -4.31. The van der Waals surface area contributed by atoms with Gasteiger partial charge in [0.25, 0.3) is 0 Å². The topological polar surface area (TPSA) is 9.23 Å². The normalized spacial score (nSPS) is 24.9. The van der Waals surface area contributed by atoms with Crippen molar-refractivity contribution in [1.29, 1.82) is 0 Å². The molecular weight excluding hydrogens is 301 g/mol. The lowest BCUT2D eigenvalue weighted by Gasteiger charge is -2.16. The van der Waals surface area contributed by atoms with Gasteiger partial charge in [-0.15, -0.1) is 0 Å². The van der Waals surface area contributed by atoms with E-state index in [0.717, 1.165) is 18.6 Å². The molecule has 0 amide bonds. The van der Waals surface area contributed by atoms with Crippen molar-refractivity contribution in [3.8, 4) is 11.8 Å². The highest BCUT2D eigenvalue weighted by molar-refractivity contribution is 5.42. The van der Waals surface area contributed by atoms with Gasteiger partial charge in [-0.25, -0.2) is 0 Å². The second-order valence-corrected chi connectivity index (χ2v) is 5.86. The maximum Gasteiger partial charge on any atom is 0.416 e. The van der Waals surface area contributed by atoms with E-state index in [1.165, 1.54) is 23.3 Å². The molecule has 1 saturated heterocycles. The van der Waals surface area contributed by atoms with E-state index < -0.39 is 11.7 Å². The van der Waals surface area contributed by atoms with Gasteiger partial charge in [-0.05, 0) is 41.8 Å². The number of benzene rings is 2. The van der Waals surface area contributed by atoms with Crippen LogP contribution in [0.3, 0.4) is 0 Å². The molecule has 2 aromatic carbocycles. The van der Waals surface area contributed by atoms with E-state index in [2.05, 4.69) is 24.0 Å². The molecule has 116 valence electrons. The first kappa shape index (κ1) is 14.3. The Hall–Kier alpha value is -2.25. The lowest BCUT2D eigenvalue weighted by molar-refractivity contribution is -0.137. The molecule has 2 heterocycles. The van der Waals surface area contributed by atoms with Gasteiger partial charge in [0.15, 0.2) is 0 Å². The molecule has 1 nitrogen and oxygen atoms in total. The van der Waals surface area contributed by atoms with Gasteiger partial charge >= 0.3 is 6.18 Å². The largest absolute Gasteiger partial charge is 0.416 e. The highest BCUT2D eigenvalue weighted by Gasteiger charge is 2.44. The third-order valence-electron chi connectivity index (χ3n) is 4.41. The second kappa shape index (κ2) is 5.14. The number of rotatable bonds is 0. The van der Waals surface area contributed by atoms with Crippen molar-refractivity contribution < 1.29 is 17.9 Å². The van der Waals surface area contributed by atoms with Crippen LogP contribution in [0.5, 0.6) is 0 Å². The molecule has 0 aromatic heterocycles. The van der Waals surface area contributed by atoms with Crippen molar-refractivity contribution in [2.24, 2.45) is 5.92 Å². The zero-order valence-electron chi connectivity index (χ0n) is 12.1. The SMILES string of the molecule is FC(F)(F)c1ccc(C#CC2CC3OC2c2ccccc23)cc1. The standard InChI is InChI=1S/C19H13F3O/c20-19(21,22)14-9-6-12(7-10-14)5-8-13-11-17-15-3-1-2-4-16(15)18(13)23-17/h1-4,6-7,9-10,13,17-18H,11H2. The molecule has 3 unspecified atom stereocenters. The molecule has 1 fully saturated rings. The van der Waals surface area contributed by atoms with Crippen LogP contribution in [-0.4, -0.2) is 0 Å². The smallest absolute Gasteiger partial charge is 0.364 e. The molecule has 0 saturated carbocycles. The lowest BCUT2D eigenvalue weighted by atomic mass is 9.84. The van der Waals surface area contributed by atoms with Crippen LogP contribution in [0.15, 0.2) is 48.5 Å². The predicted octanol–water partition coefficient (Wildman–Crippen LogP) is 4.89. The van der Waals surface area contributed by atoms with Gasteiger partial charge in [0.1, 0.15) is 0 Å². The summed E-state index contributed by atoms with van der Waals surface area (Å²) < 4.78 is 43.6. The van der Waals surface area contributed by atoms with E-state index in [4.69, 9.17) is 4.74 Å². The molecule has 2 aliphatic heterocycles. The Morgan fingerprint density at radius 1 is 0.957 bits per heavy atom. The summed E-state index contributed by atoms with van der Waals surface area (Å²) in [5.41, 5.74) is 2.37. The number of hydrogen-bond donors (Lipinski definition) is 0. The number of hydrogen-bond acceptors (Lipinski definition) is 1. The molecular formula is C19H13F3O. The number of alkyl halides is 3. The van der Waals surface area contributed by atoms with Crippen molar-refractivity contribution in [3.63, 3.8) is 0 Å². The van der Waals surface area contributed by atoms with E-state index >= 15 is 0 Å². The Morgan fingerprint density at radius 2 is 1.65 bits per heavy atom. The Labute approximate surface area is 132 Å². The van der Waals surface area contributed by atoms with E-state index in [9.17, 15) is 13.2 Å². The van der Waals surface area contributed by atoms with Crippen LogP contribution in [0.2, 0.25) is 0 Å². The first-order valence-corrected chi connectivity index (χ1v) is 7.45. The Balaban J connectivity index is 1.54. The molecule has 4 rings (SSSR count). The van der Waals surface area contributed by atoms with Crippen LogP contribution >= 0.6 is 0 Å². The van der Waals surface area contributed by atoms with Crippen LogP contribution in [0, 0.1) is 17.8 Å². The molecule has 3 atom stereocenters. The van der Waals surface area contributed by atoms with Crippen LogP contribution in [-0.2, 0) is 10.9 Å². The van der Waals surface area contributed by atoms with E-state index in [-0.39, 0.29) is 18.1 Å². The molecule has 0 aliphatic carbocycles. The minimum absolute atomic E-state index is 0.0156. The number of halogens is 3. The molecule has 0 radical (unpaired) electrons. The zero-order valence-corrected chi connectivity index (χ0v) is 12.1. The van der Waals surface area contributed by atoms with Crippen LogP contribution in [0.4, 0.5) is 13.2 Å². The number of fused-ring (bicyclic) bond motifs is 5. The van der Waals surface area contributed by atoms with Gasteiger partial charge in [-0.3, -0.25) is 0 Å². The van der Waals surface area contributed by atoms with Crippen molar-refractivity contribution in [2.75, 3.05) is 0 Å². The summed E-state index contributed by atoms with van der Waals surface area (Å²) in [5.74, 6) is 6.25. The van der Waals surface area contributed by atoms with Gasteiger partial charge in [0.05, 0.1) is 23.7 Å². The van der Waals surface area contributed by atoms with Gasteiger partial charge < -0.3 is 4.74 Å². The summed E-state index contributed by atoms with van der Waals surface area (Å²) in [6.07, 6.45) is -3.38. The van der Waals surface area contributed by atoms with Crippen LogP contribution in [0.1, 0.15) is 40.9 Å². The third kappa shape index (κ3) is 2.51. The third-order valence-corrected chi connectivity index (χ3v) is 4.41. The van der Waals surface area contributed by atoms with Gasteiger partial charge in [-0.1, -0.05) is 36.1 Å². The molecule has 0 N–H and O–H groups in total. The van der Waals surface area contributed by atoms with E-state index in [0.29, 0.717) is 5.56 Å². The fourth-order valence-electron chi connectivity index (χ4n) is 3.29. The maximum atomic E-state index is 12.5. The summed E-state index contributed by atoms with van der Waals surface area (Å²) in [6, 6.07) is 13.1. The van der Waals surface area contributed by atoms with Crippen LogP contribution < -0.4 is 0 Å². The molecule has 23 heavy (non-hydrogen) atoms. The van der Waals surface area contributed by atoms with Crippen molar-refractivity contribution in [1.82, 2.24) is 0 Å². The van der Waals surface area contributed by atoms with E-state index in [1.807, 2.05) is 12.1 Å². The molecule has 2 aliphatic rings. The predicted molar refractivity (Wildman–Crippen MR) is 79.4 cm³/mol. The average molecular weight is 314 g/mol. The first-order chi connectivity index (χ1) is 11.0. The van der Waals surface area contributed by atoms with Gasteiger partial charge in [0, 0.05) is 5.56 Å². The molecule has 2 aromatic rings. The summed E-state index contributed by atoms with van der Waals surface area (Å²) in [4.78, 5) is 0. The highest BCUT2D eigenvalue weighted by Crippen LogP contribution is 2.53. The zero-order chi connectivity index (χ0) is 16.0. The molecule has 2 bridgehead atoms. The van der Waals surface area contributed by atoms with Crippen molar-refractivity contribution in [2.45, 2.75) is 24.8 Å². The quantitative estimate of drug-likeness (QED) is 0.629. The monoisotopic (exact) mass is 314 g/mol. The van der Waals surface area contributed by atoms with E-state index in [1.54, 1.807) is 0 Å². The van der Waals surface area contributed by atoms with Gasteiger partial charge in [-0.2, -0.15) is 13.2 Å². The number of ether oxygens (including phenoxy) is 1. The van der Waals surface area contributed by atoms with Crippen molar-refractivity contribution in [3.05, 3.63) is 70.8 Å². The fraction of sp³-hybridized carbons (Fsp3) is 0.263. The minimum Gasteiger partial charge on any atom is -0.364 e. The summed E-state index contributed by atoms with van der Waals surface area (Å²) in [7, 11) is 0. The fourth-order valence-corrected chi connectivity index (χ4v) is 3.29. The molecule has 4 heteroatoms. The van der Waals surface area contributed by atoms with Crippen LogP contribution in [0.25, 0.3) is 0 Å². The van der Waals surface area contributed by atoms with Crippen molar-refractivity contribution >= 4 is 0 Å². The summed E-state index contributed by atoms with van der Waals surface area (Å²) in [6.45, 7) is 0. The molecule has 0 spiro atoms. The van der Waals surface area contributed by atoms with Gasteiger partial charge in [0.2, 0.25) is 0 Å². The highest BCUT2D eigenvalue weighted by atomic mass is 19.4. The Bertz CT molecular complexity index is 796. The Kier molecular flexibility index (Phi) is 3.21.